The van der Waals surface area contributed by atoms with Crippen molar-refractivity contribution in [2.75, 3.05) is 26.1 Å². The zero-order chi connectivity index (χ0) is 17.7. The molecule has 0 radical (unpaired) electrons. The molecule has 0 aliphatic heterocycles. The van der Waals surface area contributed by atoms with Gasteiger partial charge in [0, 0.05) is 11.6 Å². The second kappa shape index (κ2) is 8.13. The number of halogens is 2. The summed E-state index contributed by atoms with van der Waals surface area (Å²) in [5, 5.41) is 3.30. The molecule has 5 nitrogen and oxygen atoms in total. The van der Waals surface area contributed by atoms with E-state index in [9.17, 15) is 4.79 Å². The van der Waals surface area contributed by atoms with Gasteiger partial charge in [-0.1, -0.05) is 23.2 Å². The van der Waals surface area contributed by atoms with Crippen LogP contribution in [0.3, 0.4) is 0 Å². The second-order valence-corrected chi connectivity index (χ2v) is 5.54. The van der Waals surface area contributed by atoms with E-state index >= 15 is 0 Å². The Labute approximate surface area is 150 Å². The Kier molecular flexibility index (Phi) is 6.17. The molecule has 0 bridgehead atoms. The van der Waals surface area contributed by atoms with Crippen LogP contribution >= 0.6 is 23.2 Å². The molecule has 0 heterocycles. The number of ether oxygens (including phenoxy) is 3. The molecular formula is C17H17Cl2NO4. The maximum atomic E-state index is 12.5. The van der Waals surface area contributed by atoms with Crippen molar-refractivity contribution in [1.82, 2.24) is 0 Å². The Hall–Kier alpha value is -2.11. The van der Waals surface area contributed by atoms with Gasteiger partial charge in [0.25, 0.3) is 5.91 Å². The fourth-order valence-corrected chi connectivity index (χ4v) is 2.68. The quantitative estimate of drug-likeness (QED) is 0.804. The summed E-state index contributed by atoms with van der Waals surface area (Å²) < 4.78 is 15.7. The van der Waals surface area contributed by atoms with Crippen LogP contribution in [-0.2, 0) is 0 Å². The maximum Gasteiger partial charge on any atom is 0.255 e. The molecule has 128 valence electrons. The Bertz CT molecular complexity index is 726. The summed E-state index contributed by atoms with van der Waals surface area (Å²) in [4.78, 5) is 12.5. The Balaban J connectivity index is 2.30. The number of carbonyl (C=O) groups is 1. The van der Waals surface area contributed by atoms with Gasteiger partial charge < -0.3 is 19.5 Å². The van der Waals surface area contributed by atoms with E-state index < -0.39 is 0 Å². The molecule has 2 aromatic carbocycles. The molecule has 0 aliphatic carbocycles. The molecule has 0 saturated heterocycles. The molecule has 7 heteroatoms. The van der Waals surface area contributed by atoms with E-state index in [4.69, 9.17) is 37.4 Å². The fraction of sp³-hybridized carbons (Fsp3) is 0.235. The average molecular weight is 370 g/mol. The third-order valence-corrected chi connectivity index (χ3v) is 3.77. The van der Waals surface area contributed by atoms with E-state index in [1.165, 1.54) is 19.2 Å². The van der Waals surface area contributed by atoms with Crippen LogP contribution in [0.1, 0.15) is 17.3 Å². The lowest BCUT2D eigenvalue weighted by atomic mass is 10.2. The molecule has 1 N–H and O–H groups in total. The van der Waals surface area contributed by atoms with Gasteiger partial charge in [-0.3, -0.25) is 4.79 Å². The first kappa shape index (κ1) is 18.2. The first-order valence-corrected chi connectivity index (χ1v) is 7.91. The summed E-state index contributed by atoms with van der Waals surface area (Å²) >= 11 is 12.3. The largest absolute Gasteiger partial charge is 0.497 e. The predicted octanol–water partition coefficient (Wildman–Crippen LogP) is 4.66. The van der Waals surface area contributed by atoms with Crippen LogP contribution in [0.4, 0.5) is 5.69 Å². The van der Waals surface area contributed by atoms with Crippen molar-refractivity contribution in [2.24, 2.45) is 0 Å². The molecule has 0 atom stereocenters. The number of amides is 1. The summed E-state index contributed by atoms with van der Waals surface area (Å²) in [6.07, 6.45) is 0. The van der Waals surface area contributed by atoms with Crippen LogP contribution in [0.2, 0.25) is 10.0 Å². The minimum atomic E-state index is -0.381. The molecule has 0 fully saturated rings. The van der Waals surface area contributed by atoms with Gasteiger partial charge in [0.2, 0.25) is 0 Å². The SMILES string of the molecule is CCOc1c(Cl)cc(C(=O)Nc2cc(OC)ccc2OC)cc1Cl. The van der Waals surface area contributed by atoms with Crippen molar-refractivity contribution in [3.63, 3.8) is 0 Å². The first-order valence-electron chi connectivity index (χ1n) is 7.15. The lowest BCUT2D eigenvalue weighted by molar-refractivity contribution is 0.102. The van der Waals surface area contributed by atoms with Gasteiger partial charge in [-0.15, -0.1) is 0 Å². The highest BCUT2D eigenvalue weighted by Crippen LogP contribution is 2.35. The van der Waals surface area contributed by atoms with Gasteiger partial charge in [0.15, 0.2) is 5.75 Å². The number of rotatable bonds is 6. The smallest absolute Gasteiger partial charge is 0.255 e. The third kappa shape index (κ3) is 4.04. The van der Waals surface area contributed by atoms with Crippen molar-refractivity contribution >= 4 is 34.8 Å². The van der Waals surface area contributed by atoms with Gasteiger partial charge in [-0.05, 0) is 31.2 Å². The highest BCUT2D eigenvalue weighted by Gasteiger charge is 2.16. The molecule has 0 saturated carbocycles. The molecule has 0 aliphatic rings. The number of hydrogen-bond acceptors (Lipinski definition) is 4. The van der Waals surface area contributed by atoms with Crippen LogP contribution in [0, 0.1) is 0 Å². The Morgan fingerprint density at radius 2 is 1.75 bits per heavy atom. The summed E-state index contributed by atoms with van der Waals surface area (Å²) in [5.74, 6) is 1.07. The molecule has 1 amide bonds. The third-order valence-electron chi connectivity index (χ3n) is 3.20. The van der Waals surface area contributed by atoms with Crippen LogP contribution in [0.25, 0.3) is 0 Å². The van der Waals surface area contributed by atoms with Crippen molar-refractivity contribution in [3.05, 3.63) is 45.9 Å². The van der Waals surface area contributed by atoms with Gasteiger partial charge in [-0.2, -0.15) is 0 Å². The van der Waals surface area contributed by atoms with Crippen molar-refractivity contribution in [1.29, 1.82) is 0 Å². The zero-order valence-electron chi connectivity index (χ0n) is 13.5. The van der Waals surface area contributed by atoms with Crippen LogP contribution in [0.5, 0.6) is 17.2 Å². The Morgan fingerprint density at radius 3 is 2.29 bits per heavy atom. The predicted molar refractivity (Wildman–Crippen MR) is 95.1 cm³/mol. The molecule has 0 unspecified atom stereocenters. The number of nitrogens with one attached hydrogen (secondary N) is 1. The Morgan fingerprint density at radius 1 is 1.08 bits per heavy atom. The summed E-state index contributed by atoms with van der Waals surface area (Å²) in [5.41, 5.74) is 0.779. The molecule has 0 spiro atoms. The van der Waals surface area contributed by atoms with Crippen LogP contribution in [-0.4, -0.2) is 26.7 Å². The van der Waals surface area contributed by atoms with Crippen LogP contribution in [0.15, 0.2) is 30.3 Å². The highest BCUT2D eigenvalue weighted by atomic mass is 35.5. The molecule has 2 rings (SSSR count). The standard InChI is InChI=1S/C17H17Cl2NO4/c1-4-24-16-12(18)7-10(8-13(16)19)17(21)20-14-9-11(22-2)5-6-15(14)23-3/h5-9H,4H2,1-3H3,(H,20,21). The second-order valence-electron chi connectivity index (χ2n) is 4.72. The van der Waals surface area contributed by atoms with E-state index in [1.807, 2.05) is 6.92 Å². The number of hydrogen-bond donors (Lipinski definition) is 1. The summed E-state index contributed by atoms with van der Waals surface area (Å²) in [6, 6.07) is 8.10. The van der Waals surface area contributed by atoms with Crippen molar-refractivity contribution < 1.29 is 19.0 Å². The van der Waals surface area contributed by atoms with E-state index in [0.29, 0.717) is 35.1 Å². The lowest BCUT2D eigenvalue weighted by Crippen LogP contribution is -2.13. The minimum absolute atomic E-state index is 0.270. The fourth-order valence-electron chi connectivity index (χ4n) is 2.08. The van der Waals surface area contributed by atoms with Gasteiger partial charge in [-0.25, -0.2) is 0 Å². The molecular weight excluding hydrogens is 353 g/mol. The lowest BCUT2D eigenvalue weighted by Gasteiger charge is -2.13. The molecule has 0 aromatic heterocycles. The summed E-state index contributed by atoms with van der Waals surface area (Å²) in [7, 11) is 3.06. The number of methoxy groups -OCH3 is 2. The van der Waals surface area contributed by atoms with E-state index in [2.05, 4.69) is 5.32 Å². The average Bonchev–Trinajstić information content (AvgIpc) is 2.57. The van der Waals surface area contributed by atoms with E-state index in [-0.39, 0.29) is 16.0 Å². The topological polar surface area (TPSA) is 56.8 Å². The van der Waals surface area contributed by atoms with Crippen LogP contribution < -0.4 is 19.5 Å². The first-order chi connectivity index (χ1) is 11.5. The zero-order valence-corrected chi connectivity index (χ0v) is 15.0. The minimum Gasteiger partial charge on any atom is -0.497 e. The molecule has 2 aromatic rings. The van der Waals surface area contributed by atoms with Crippen molar-refractivity contribution in [3.8, 4) is 17.2 Å². The van der Waals surface area contributed by atoms with E-state index in [1.54, 1.807) is 25.3 Å². The van der Waals surface area contributed by atoms with Gasteiger partial charge in [0.1, 0.15) is 11.5 Å². The van der Waals surface area contributed by atoms with Gasteiger partial charge >= 0.3 is 0 Å². The maximum absolute atomic E-state index is 12.5. The monoisotopic (exact) mass is 369 g/mol. The van der Waals surface area contributed by atoms with Gasteiger partial charge in [0.05, 0.1) is 36.6 Å². The number of carbonyl (C=O) groups excluding carboxylic acids is 1. The highest BCUT2D eigenvalue weighted by molar-refractivity contribution is 6.37. The number of anilines is 1. The summed E-state index contributed by atoms with van der Waals surface area (Å²) in [6.45, 7) is 2.24. The number of benzene rings is 2. The van der Waals surface area contributed by atoms with E-state index in [0.717, 1.165) is 0 Å². The normalized spacial score (nSPS) is 10.2. The molecule has 24 heavy (non-hydrogen) atoms. The van der Waals surface area contributed by atoms with Crippen molar-refractivity contribution in [2.45, 2.75) is 6.92 Å².